The third-order valence-electron chi connectivity index (χ3n) is 4.50. The van der Waals surface area contributed by atoms with Crippen molar-refractivity contribution in [1.82, 2.24) is 0 Å². The summed E-state index contributed by atoms with van der Waals surface area (Å²) in [6, 6.07) is 16.3. The van der Waals surface area contributed by atoms with Gasteiger partial charge in [0.1, 0.15) is 4.38 Å². The van der Waals surface area contributed by atoms with Crippen molar-refractivity contribution in [1.29, 1.82) is 0 Å². The maximum absolute atomic E-state index is 12.2. The fourth-order valence-electron chi connectivity index (χ4n) is 3.14. The molecule has 6 heteroatoms. The second kappa shape index (κ2) is 8.18. The number of nitrogens with zero attached hydrogens (tertiary/aromatic N) is 2. The molecule has 1 N–H and O–H groups in total. The van der Waals surface area contributed by atoms with E-state index in [2.05, 4.69) is 33.4 Å². The highest BCUT2D eigenvalue weighted by Gasteiger charge is 2.15. The molecule has 0 spiro atoms. The van der Waals surface area contributed by atoms with Gasteiger partial charge in [0.05, 0.1) is 11.4 Å². The molecule has 0 aromatic heterocycles. The van der Waals surface area contributed by atoms with Gasteiger partial charge in [0.15, 0.2) is 0 Å². The Morgan fingerprint density at radius 1 is 1.12 bits per heavy atom. The van der Waals surface area contributed by atoms with Crippen molar-refractivity contribution in [3.05, 3.63) is 54.1 Å². The summed E-state index contributed by atoms with van der Waals surface area (Å²) in [5.41, 5.74) is 4.36. The molecule has 134 valence electrons. The predicted molar refractivity (Wildman–Crippen MR) is 114 cm³/mol. The molecule has 26 heavy (non-hydrogen) atoms. The largest absolute Gasteiger partial charge is 0.372 e. The Morgan fingerprint density at radius 3 is 2.69 bits per heavy atom. The van der Waals surface area contributed by atoms with E-state index in [-0.39, 0.29) is 5.91 Å². The van der Waals surface area contributed by atoms with Gasteiger partial charge in [-0.1, -0.05) is 41.7 Å². The lowest BCUT2D eigenvalue weighted by Gasteiger charge is -2.18. The number of rotatable bonds is 4. The van der Waals surface area contributed by atoms with Crippen LogP contribution in [0.2, 0.25) is 0 Å². The number of carbonyl (C=O) groups excluding carboxylic acids is 1. The Labute approximate surface area is 162 Å². The van der Waals surface area contributed by atoms with Crippen LogP contribution in [0.3, 0.4) is 0 Å². The highest BCUT2D eigenvalue weighted by atomic mass is 32.2. The average Bonchev–Trinajstić information content (AvgIpc) is 3.22. The topological polar surface area (TPSA) is 44.7 Å². The fourth-order valence-corrected chi connectivity index (χ4v) is 5.00. The zero-order valence-electron chi connectivity index (χ0n) is 14.5. The van der Waals surface area contributed by atoms with E-state index in [9.17, 15) is 4.79 Å². The number of anilines is 2. The first-order valence-corrected chi connectivity index (χ1v) is 10.8. The number of hydrogen-bond acceptors (Lipinski definition) is 5. The van der Waals surface area contributed by atoms with Gasteiger partial charge in [-0.15, -0.1) is 0 Å². The summed E-state index contributed by atoms with van der Waals surface area (Å²) in [4.78, 5) is 19.3. The molecule has 2 aromatic carbocycles. The standard InChI is InChI=1S/C20H21N3OS2/c24-19(14-26-20-22-18-6-2-1-5-15(18)13-25-20)21-16-7-9-17(10-8-16)23-11-3-4-12-23/h1-2,5-10H,3-4,11-14H2,(H,21,24). The average molecular weight is 384 g/mol. The maximum atomic E-state index is 12.2. The number of fused-ring (bicyclic) bond motifs is 1. The summed E-state index contributed by atoms with van der Waals surface area (Å²) >= 11 is 3.20. The van der Waals surface area contributed by atoms with Crippen molar-refractivity contribution < 1.29 is 4.79 Å². The molecule has 2 aromatic rings. The van der Waals surface area contributed by atoms with E-state index in [1.807, 2.05) is 30.3 Å². The minimum atomic E-state index is 0.00563. The molecule has 0 aliphatic carbocycles. The second-order valence-corrected chi connectivity index (χ2v) is 8.56. The van der Waals surface area contributed by atoms with E-state index >= 15 is 0 Å². The number of benzene rings is 2. The van der Waals surface area contributed by atoms with Crippen molar-refractivity contribution in [3.63, 3.8) is 0 Å². The third kappa shape index (κ3) is 4.24. The summed E-state index contributed by atoms with van der Waals surface area (Å²) in [5, 5.41) is 2.98. The van der Waals surface area contributed by atoms with Crippen LogP contribution >= 0.6 is 23.5 Å². The van der Waals surface area contributed by atoms with E-state index in [1.54, 1.807) is 11.8 Å². The molecular formula is C20H21N3OS2. The second-order valence-electron chi connectivity index (χ2n) is 6.37. The van der Waals surface area contributed by atoms with Crippen LogP contribution in [0.15, 0.2) is 53.5 Å². The van der Waals surface area contributed by atoms with Gasteiger partial charge in [-0.3, -0.25) is 4.79 Å². The molecule has 0 unspecified atom stereocenters. The number of hydrogen-bond donors (Lipinski definition) is 1. The van der Waals surface area contributed by atoms with Gasteiger partial charge in [0.2, 0.25) is 5.91 Å². The fraction of sp³-hybridized carbons (Fsp3) is 0.300. The molecule has 0 saturated carbocycles. The predicted octanol–water partition coefficient (Wildman–Crippen LogP) is 4.89. The molecular weight excluding hydrogens is 362 g/mol. The van der Waals surface area contributed by atoms with E-state index in [0.717, 1.165) is 34.6 Å². The minimum Gasteiger partial charge on any atom is -0.372 e. The first-order valence-electron chi connectivity index (χ1n) is 8.85. The highest BCUT2D eigenvalue weighted by molar-refractivity contribution is 8.38. The minimum absolute atomic E-state index is 0.00563. The van der Waals surface area contributed by atoms with Crippen LogP contribution < -0.4 is 10.2 Å². The molecule has 2 aliphatic heterocycles. The molecule has 1 fully saturated rings. The Bertz CT molecular complexity index is 814. The van der Waals surface area contributed by atoms with Gasteiger partial charge in [0.25, 0.3) is 0 Å². The first kappa shape index (κ1) is 17.5. The van der Waals surface area contributed by atoms with Crippen LogP contribution in [0.4, 0.5) is 17.1 Å². The molecule has 4 nitrogen and oxygen atoms in total. The van der Waals surface area contributed by atoms with Crippen LogP contribution in [-0.2, 0) is 10.5 Å². The summed E-state index contributed by atoms with van der Waals surface area (Å²) in [6.07, 6.45) is 2.53. The number of para-hydroxylation sites is 1. The van der Waals surface area contributed by atoms with Crippen molar-refractivity contribution in [3.8, 4) is 0 Å². The molecule has 0 radical (unpaired) electrons. The Balaban J connectivity index is 1.30. The normalized spacial score (nSPS) is 16.2. The number of aliphatic imine (C=N–C) groups is 1. The van der Waals surface area contributed by atoms with E-state index < -0.39 is 0 Å². The van der Waals surface area contributed by atoms with E-state index in [1.165, 1.54) is 35.9 Å². The Morgan fingerprint density at radius 2 is 1.88 bits per heavy atom. The molecule has 2 heterocycles. The van der Waals surface area contributed by atoms with Gasteiger partial charge in [-0.2, -0.15) is 0 Å². The van der Waals surface area contributed by atoms with Gasteiger partial charge in [0, 0.05) is 30.2 Å². The third-order valence-corrected chi connectivity index (χ3v) is 6.75. The van der Waals surface area contributed by atoms with Crippen LogP contribution in [0, 0.1) is 0 Å². The van der Waals surface area contributed by atoms with Gasteiger partial charge in [-0.25, -0.2) is 4.99 Å². The zero-order chi connectivity index (χ0) is 17.8. The lowest BCUT2D eigenvalue weighted by Crippen LogP contribution is -2.18. The summed E-state index contributed by atoms with van der Waals surface area (Å²) in [7, 11) is 0. The molecule has 0 bridgehead atoms. The maximum Gasteiger partial charge on any atom is 0.234 e. The molecule has 1 saturated heterocycles. The van der Waals surface area contributed by atoms with Crippen molar-refractivity contribution in [2.75, 3.05) is 29.1 Å². The molecule has 2 aliphatic rings. The summed E-state index contributed by atoms with van der Waals surface area (Å²) < 4.78 is 0.961. The number of thioether (sulfide) groups is 2. The molecule has 4 rings (SSSR count). The van der Waals surface area contributed by atoms with Crippen molar-refractivity contribution >= 4 is 50.9 Å². The Kier molecular flexibility index (Phi) is 5.51. The van der Waals surface area contributed by atoms with Crippen molar-refractivity contribution in [2.24, 2.45) is 4.99 Å². The number of nitrogens with one attached hydrogen (secondary N) is 1. The monoisotopic (exact) mass is 383 g/mol. The van der Waals surface area contributed by atoms with Gasteiger partial charge in [-0.05, 0) is 48.7 Å². The van der Waals surface area contributed by atoms with Crippen LogP contribution in [-0.4, -0.2) is 29.1 Å². The SMILES string of the molecule is O=C(CSC1=Nc2ccccc2CS1)Nc1ccc(N2CCCC2)cc1. The summed E-state index contributed by atoms with van der Waals surface area (Å²) in [6.45, 7) is 2.26. The van der Waals surface area contributed by atoms with Crippen LogP contribution in [0.5, 0.6) is 0 Å². The zero-order valence-corrected chi connectivity index (χ0v) is 16.1. The molecule has 0 atom stereocenters. The number of carbonyl (C=O) groups is 1. The quantitative estimate of drug-likeness (QED) is 0.816. The number of amides is 1. The lowest BCUT2D eigenvalue weighted by atomic mass is 10.2. The van der Waals surface area contributed by atoms with E-state index in [0.29, 0.717) is 5.75 Å². The van der Waals surface area contributed by atoms with Crippen LogP contribution in [0.1, 0.15) is 18.4 Å². The first-order chi connectivity index (χ1) is 12.8. The van der Waals surface area contributed by atoms with Gasteiger partial charge >= 0.3 is 0 Å². The lowest BCUT2D eigenvalue weighted by molar-refractivity contribution is -0.113. The molecule has 1 amide bonds. The smallest absolute Gasteiger partial charge is 0.234 e. The Hall–Kier alpha value is -1.92. The van der Waals surface area contributed by atoms with Crippen molar-refractivity contribution in [2.45, 2.75) is 18.6 Å². The highest BCUT2D eigenvalue weighted by Crippen LogP contribution is 2.34. The van der Waals surface area contributed by atoms with Gasteiger partial charge < -0.3 is 10.2 Å². The summed E-state index contributed by atoms with van der Waals surface area (Å²) in [5.74, 6) is 1.30. The van der Waals surface area contributed by atoms with Crippen LogP contribution in [0.25, 0.3) is 0 Å². The van der Waals surface area contributed by atoms with E-state index in [4.69, 9.17) is 0 Å².